The van der Waals surface area contributed by atoms with Gasteiger partial charge in [-0.3, -0.25) is 39.0 Å². The fourth-order valence-electron chi connectivity index (χ4n) is 10.3. The van der Waals surface area contributed by atoms with Crippen LogP contribution in [0.1, 0.15) is 85.6 Å². The highest BCUT2D eigenvalue weighted by Gasteiger charge is 2.49. The van der Waals surface area contributed by atoms with E-state index in [4.69, 9.17) is 19.8 Å². The first kappa shape index (κ1) is 39.4. The molecular formula is C43H51FN12O5. The Bertz CT molecular complexity index is 2400. The Morgan fingerprint density at radius 1 is 0.902 bits per heavy atom. The van der Waals surface area contributed by atoms with Gasteiger partial charge < -0.3 is 24.8 Å². The summed E-state index contributed by atoms with van der Waals surface area (Å²) >= 11 is 0. The molecule has 7 aliphatic heterocycles. The van der Waals surface area contributed by atoms with Crippen molar-refractivity contribution in [2.24, 2.45) is 5.92 Å². The predicted octanol–water partition coefficient (Wildman–Crippen LogP) is 3.88. The van der Waals surface area contributed by atoms with Crippen LogP contribution in [0.15, 0.2) is 36.7 Å². The van der Waals surface area contributed by atoms with Crippen molar-refractivity contribution >= 4 is 63.6 Å². The van der Waals surface area contributed by atoms with E-state index in [1.165, 1.54) is 6.07 Å². The van der Waals surface area contributed by atoms with Crippen LogP contribution in [-0.4, -0.2) is 135 Å². The second kappa shape index (κ2) is 15.6. The van der Waals surface area contributed by atoms with Crippen LogP contribution in [0.2, 0.25) is 0 Å². The molecule has 3 aromatic heterocycles. The molecule has 7 aliphatic rings. The number of hydrogen-bond donors (Lipinski definition) is 2. The molecule has 0 aliphatic carbocycles. The molecule has 1 aromatic carbocycles. The third-order valence-electron chi connectivity index (χ3n) is 13.5. The second-order valence-electron chi connectivity index (χ2n) is 17.6. The molecule has 61 heavy (non-hydrogen) atoms. The van der Waals surface area contributed by atoms with E-state index < -0.39 is 35.5 Å². The van der Waals surface area contributed by atoms with E-state index >= 15 is 4.39 Å². The van der Waals surface area contributed by atoms with E-state index in [0.717, 1.165) is 106 Å². The Morgan fingerprint density at radius 3 is 2.33 bits per heavy atom. The largest absolute Gasteiger partial charge is 0.381 e. The van der Waals surface area contributed by atoms with Crippen molar-refractivity contribution in [3.8, 4) is 0 Å². The van der Waals surface area contributed by atoms with E-state index in [0.29, 0.717) is 29.2 Å². The third-order valence-corrected chi connectivity index (χ3v) is 13.5. The number of anilines is 5. The van der Waals surface area contributed by atoms with Gasteiger partial charge in [0, 0.05) is 95.9 Å². The first-order chi connectivity index (χ1) is 29.5. The van der Waals surface area contributed by atoms with Gasteiger partial charge >= 0.3 is 0 Å². The third kappa shape index (κ3) is 7.12. The second-order valence-corrected chi connectivity index (χ2v) is 17.6. The van der Waals surface area contributed by atoms with Crippen molar-refractivity contribution in [1.82, 2.24) is 39.8 Å². The number of methoxy groups -OCH3 is 1. The normalized spacial score (nSPS) is 23.9. The average molecular weight is 835 g/mol. The number of ether oxygens (including phenoxy) is 1. The van der Waals surface area contributed by atoms with Gasteiger partial charge in [0.25, 0.3) is 11.8 Å². The monoisotopic (exact) mass is 834 g/mol. The van der Waals surface area contributed by atoms with E-state index in [9.17, 15) is 19.2 Å². The molecule has 2 bridgehead atoms. The highest BCUT2D eigenvalue weighted by molar-refractivity contribution is 6.23. The fraction of sp³-hybridized carbons (Fsp3) is 0.535. The summed E-state index contributed by atoms with van der Waals surface area (Å²) in [4.78, 5) is 75.0. The molecule has 11 rings (SSSR count). The molecule has 17 nitrogen and oxygen atoms in total. The number of piperazine rings is 1. The SMILES string of the molecule is COC1CCN(c2nccc(Nc3cc4c(cn3)c(N3CCC(CN5CC6CC(C5)N6c5cc6c(cc5F)C(=O)N(C5CCC(=O)NC5=O)C6=O)CC3)nn4C(C)C)n2)CC1. The van der Waals surface area contributed by atoms with Crippen molar-refractivity contribution < 1.29 is 28.3 Å². The van der Waals surface area contributed by atoms with Gasteiger partial charge in [-0.1, -0.05) is 0 Å². The van der Waals surface area contributed by atoms with E-state index in [1.54, 1.807) is 13.3 Å². The van der Waals surface area contributed by atoms with Crippen molar-refractivity contribution in [3.63, 3.8) is 0 Å². The number of carbonyl (C=O) groups excluding carboxylic acids is 4. The van der Waals surface area contributed by atoms with Gasteiger partial charge in [-0.25, -0.2) is 14.4 Å². The standard InChI is InChI=1S/C43H51FN12O5/c1-24(2)56-34-19-37(47-36-6-11-45-43(48-36)53-14-9-28(61-3)10-15-53)46-20-31(34)39(50-56)52-12-7-25(8-13-52)21-51-22-26-16-27(23-51)54(26)35-18-30-29(17-32(35)44)41(59)55(42(30)60)33-4-5-38(57)49-40(33)58/h6,11,17-20,24-28,33H,4-5,7-10,12-16,21-23H2,1-3H3,(H,49,57,58)(H,45,46,47,48). The molecule has 6 fully saturated rings. The Balaban J connectivity index is 0.761. The van der Waals surface area contributed by atoms with Gasteiger partial charge in [-0.2, -0.15) is 10.1 Å². The van der Waals surface area contributed by atoms with E-state index in [-0.39, 0.29) is 48.2 Å². The van der Waals surface area contributed by atoms with Crippen molar-refractivity contribution in [2.45, 2.75) is 89.1 Å². The maximum absolute atomic E-state index is 15.7. The summed E-state index contributed by atoms with van der Waals surface area (Å²) in [5.41, 5.74) is 1.39. The molecule has 0 spiro atoms. The minimum absolute atomic E-state index is 0.0257. The quantitative estimate of drug-likeness (QED) is 0.220. The van der Waals surface area contributed by atoms with Crippen LogP contribution in [0.25, 0.3) is 10.9 Å². The number of halogens is 1. The van der Waals surface area contributed by atoms with Crippen LogP contribution in [0.3, 0.4) is 0 Å². The number of carbonyl (C=O) groups is 4. The molecule has 320 valence electrons. The van der Waals surface area contributed by atoms with Gasteiger partial charge in [0.2, 0.25) is 17.8 Å². The van der Waals surface area contributed by atoms with Crippen LogP contribution in [0.5, 0.6) is 0 Å². The number of nitrogens with one attached hydrogen (secondary N) is 2. The van der Waals surface area contributed by atoms with Gasteiger partial charge in [-0.05, 0) is 76.5 Å². The van der Waals surface area contributed by atoms with Gasteiger partial charge in [-0.15, -0.1) is 0 Å². The number of imide groups is 2. The Kier molecular flexibility index (Phi) is 10.1. The topological polar surface area (TPSA) is 174 Å². The number of aromatic nitrogens is 5. The number of amides is 4. The van der Waals surface area contributed by atoms with Crippen LogP contribution < -0.4 is 25.3 Å². The number of rotatable bonds is 10. The van der Waals surface area contributed by atoms with Crippen LogP contribution in [0.4, 0.5) is 33.5 Å². The summed E-state index contributed by atoms with van der Waals surface area (Å²) in [7, 11) is 1.77. The Hall–Kier alpha value is -5.75. The summed E-state index contributed by atoms with van der Waals surface area (Å²) < 4.78 is 23.3. The molecule has 10 heterocycles. The molecule has 4 aromatic rings. The molecular weight excluding hydrogens is 784 g/mol. The number of fused-ring (bicyclic) bond motifs is 4. The molecule has 3 atom stereocenters. The summed E-state index contributed by atoms with van der Waals surface area (Å²) in [6.07, 6.45) is 8.94. The summed E-state index contributed by atoms with van der Waals surface area (Å²) in [5.74, 6) is 0.536. The molecule has 0 saturated carbocycles. The van der Waals surface area contributed by atoms with Gasteiger partial charge in [0.05, 0.1) is 33.8 Å². The lowest BCUT2D eigenvalue weighted by Gasteiger charge is -2.58. The summed E-state index contributed by atoms with van der Waals surface area (Å²) in [5, 5.41) is 11.8. The smallest absolute Gasteiger partial charge is 0.262 e. The lowest BCUT2D eigenvalue weighted by Crippen LogP contribution is -2.69. The molecule has 2 N–H and O–H groups in total. The number of nitrogens with zero attached hydrogens (tertiary/aromatic N) is 10. The molecule has 6 saturated heterocycles. The fourth-order valence-corrected chi connectivity index (χ4v) is 10.3. The molecule has 0 radical (unpaired) electrons. The van der Waals surface area contributed by atoms with Crippen molar-refractivity contribution in [3.05, 3.63) is 53.6 Å². The van der Waals surface area contributed by atoms with Crippen molar-refractivity contribution in [2.75, 3.05) is 72.9 Å². The zero-order valence-electron chi connectivity index (χ0n) is 34.7. The minimum Gasteiger partial charge on any atom is -0.381 e. The lowest BCUT2D eigenvalue weighted by molar-refractivity contribution is -0.136. The predicted molar refractivity (Wildman–Crippen MR) is 225 cm³/mol. The lowest BCUT2D eigenvalue weighted by atomic mass is 9.85. The van der Waals surface area contributed by atoms with E-state index in [2.05, 4.69) is 59.8 Å². The van der Waals surface area contributed by atoms with Crippen LogP contribution in [-0.2, 0) is 14.3 Å². The first-order valence-corrected chi connectivity index (χ1v) is 21.6. The highest BCUT2D eigenvalue weighted by atomic mass is 19.1. The molecule has 4 amide bonds. The first-order valence-electron chi connectivity index (χ1n) is 21.6. The Morgan fingerprint density at radius 2 is 1.62 bits per heavy atom. The number of piperidine rings is 4. The summed E-state index contributed by atoms with van der Waals surface area (Å²) in [6, 6.07) is 5.79. The molecule has 3 unspecified atom stereocenters. The van der Waals surface area contributed by atoms with Crippen molar-refractivity contribution in [1.29, 1.82) is 0 Å². The zero-order valence-corrected chi connectivity index (χ0v) is 34.7. The Labute approximate surface area is 352 Å². The maximum Gasteiger partial charge on any atom is 0.262 e. The summed E-state index contributed by atoms with van der Waals surface area (Å²) in [6.45, 7) is 10.3. The maximum atomic E-state index is 15.7. The van der Waals surface area contributed by atoms with Gasteiger partial charge in [0.1, 0.15) is 23.5 Å². The highest BCUT2D eigenvalue weighted by Crippen LogP contribution is 2.42. The average Bonchev–Trinajstić information content (AvgIpc) is 3.75. The van der Waals surface area contributed by atoms with Gasteiger partial charge in [0.15, 0.2) is 5.82 Å². The minimum atomic E-state index is -1.09. The van der Waals surface area contributed by atoms with Crippen LogP contribution in [0, 0.1) is 11.7 Å². The number of hydrogen-bond acceptors (Lipinski definition) is 14. The van der Waals surface area contributed by atoms with E-state index in [1.807, 2.05) is 12.3 Å². The zero-order chi connectivity index (χ0) is 42.1. The van der Waals surface area contributed by atoms with Crippen LogP contribution >= 0.6 is 0 Å². The molecule has 18 heteroatoms. The number of pyridine rings is 1. The number of benzene rings is 1.